The monoisotopic (exact) mass is 515 g/mol. The van der Waals surface area contributed by atoms with Crippen LogP contribution in [0.4, 0.5) is 5.69 Å². The molecule has 9 nitrogen and oxygen atoms in total. The van der Waals surface area contributed by atoms with Crippen molar-refractivity contribution in [3.63, 3.8) is 0 Å². The van der Waals surface area contributed by atoms with E-state index in [9.17, 15) is 19.2 Å². The number of hydrogen-bond acceptors (Lipinski definition) is 9. The average molecular weight is 516 g/mol. The lowest BCUT2D eigenvalue weighted by molar-refractivity contribution is -0.113. The van der Waals surface area contributed by atoms with Crippen molar-refractivity contribution in [2.24, 2.45) is 0 Å². The van der Waals surface area contributed by atoms with Crippen LogP contribution in [0.1, 0.15) is 50.9 Å². The number of esters is 2. The number of thioether (sulfide) groups is 1. The number of rotatable bonds is 7. The number of carbonyl (C=O) groups is 3. The van der Waals surface area contributed by atoms with Crippen LogP contribution >= 0.6 is 23.1 Å². The van der Waals surface area contributed by atoms with Crippen LogP contribution in [-0.4, -0.2) is 47.4 Å². The topological polar surface area (TPSA) is 117 Å². The van der Waals surface area contributed by atoms with Gasteiger partial charge in [-0.2, -0.15) is 0 Å². The summed E-state index contributed by atoms with van der Waals surface area (Å²) in [6.07, 6.45) is 4.07. The second kappa shape index (κ2) is 10.6. The molecule has 0 atom stereocenters. The largest absolute Gasteiger partial charge is 0.465 e. The summed E-state index contributed by atoms with van der Waals surface area (Å²) in [5.74, 6) is -1.73. The number of amides is 1. The fourth-order valence-corrected chi connectivity index (χ4v) is 6.27. The lowest BCUT2D eigenvalue weighted by Crippen LogP contribution is -2.24. The third kappa shape index (κ3) is 4.96. The Kier molecular flexibility index (Phi) is 7.56. The van der Waals surface area contributed by atoms with Crippen LogP contribution in [0.2, 0.25) is 0 Å². The molecule has 3 aromatic rings. The number of carbonyl (C=O) groups excluding carboxylic acids is 3. The number of nitrogens with zero attached hydrogens (tertiary/aromatic N) is 2. The summed E-state index contributed by atoms with van der Waals surface area (Å²) in [6.45, 7) is 2.31. The molecule has 35 heavy (non-hydrogen) atoms. The number of aryl methyl sites for hydroxylation is 2. The van der Waals surface area contributed by atoms with Crippen LogP contribution in [0.3, 0.4) is 0 Å². The van der Waals surface area contributed by atoms with E-state index in [4.69, 9.17) is 14.5 Å². The molecule has 0 fully saturated rings. The standard InChI is InChI=1S/C24H25N3O6S2/c1-4-27-21(29)19-15-7-5-6-8-17(15)35-20(19)26-24(27)34-12-18(28)25-16-11-13(22(30)32-2)9-10-14(16)23(31)33-3/h9-11H,4-8,12H2,1-3H3,(H,25,28). The molecule has 1 aliphatic carbocycles. The number of hydrogen-bond donors (Lipinski definition) is 1. The molecule has 1 aliphatic rings. The van der Waals surface area contributed by atoms with E-state index in [1.165, 1.54) is 37.3 Å². The van der Waals surface area contributed by atoms with Crippen molar-refractivity contribution in [2.75, 3.05) is 25.3 Å². The summed E-state index contributed by atoms with van der Waals surface area (Å²) in [6, 6.07) is 4.18. The van der Waals surface area contributed by atoms with E-state index >= 15 is 0 Å². The molecule has 2 heterocycles. The highest BCUT2D eigenvalue weighted by atomic mass is 32.2. The Labute approximate surface area is 209 Å². The van der Waals surface area contributed by atoms with Crippen LogP contribution in [0.25, 0.3) is 10.2 Å². The zero-order valence-electron chi connectivity index (χ0n) is 19.6. The molecule has 0 aliphatic heterocycles. The first-order chi connectivity index (χ1) is 16.9. The predicted octanol–water partition coefficient (Wildman–Crippen LogP) is 3.66. The Morgan fingerprint density at radius 3 is 2.60 bits per heavy atom. The summed E-state index contributed by atoms with van der Waals surface area (Å²) in [7, 11) is 2.47. The van der Waals surface area contributed by atoms with Gasteiger partial charge in [0.2, 0.25) is 5.91 Å². The van der Waals surface area contributed by atoms with E-state index in [2.05, 4.69) is 5.32 Å². The highest BCUT2D eigenvalue weighted by Crippen LogP contribution is 2.34. The molecule has 0 unspecified atom stereocenters. The minimum absolute atomic E-state index is 0.0495. The maximum absolute atomic E-state index is 13.3. The fourth-order valence-electron chi connectivity index (χ4n) is 4.11. The Hall–Kier alpha value is -3.18. The van der Waals surface area contributed by atoms with Crippen molar-refractivity contribution in [3.05, 3.63) is 50.1 Å². The SMILES string of the molecule is CCn1c(SCC(=O)Nc2cc(C(=O)OC)ccc2C(=O)OC)nc2sc3c(c2c1=O)CCCC3. The molecule has 1 amide bonds. The Bertz CT molecular complexity index is 1380. The van der Waals surface area contributed by atoms with E-state index in [1.807, 2.05) is 6.92 Å². The minimum Gasteiger partial charge on any atom is -0.465 e. The smallest absolute Gasteiger partial charge is 0.339 e. The van der Waals surface area contributed by atoms with Gasteiger partial charge in [0.05, 0.1) is 42.2 Å². The van der Waals surface area contributed by atoms with E-state index in [-0.39, 0.29) is 28.1 Å². The van der Waals surface area contributed by atoms with E-state index in [1.54, 1.807) is 15.9 Å². The van der Waals surface area contributed by atoms with Gasteiger partial charge >= 0.3 is 11.9 Å². The fraction of sp³-hybridized carbons (Fsp3) is 0.375. The van der Waals surface area contributed by atoms with Crippen molar-refractivity contribution < 1.29 is 23.9 Å². The number of methoxy groups -OCH3 is 2. The number of ether oxygens (including phenoxy) is 2. The molecular weight excluding hydrogens is 490 g/mol. The molecule has 1 N–H and O–H groups in total. The van der Waals surface area contributed by atoms with Gasteiger partial charge in [-0.1, -0.05) is 11.8 Å². The van der Waals surface area contributed by atoms with Crippen molar-refractivity contribution in [3.8, 4) is 0 Å². The van der Waals surface area contributed by atoms with Crippen LogP contribution in [-0.2, 0) is 33.7 Å². The van der Waals surface area contributed by atoms with E-state index in [0.717, 1.165) is 43.0 Å². The van der Waals surface area contributed by atoms with Crippen molar-refractivity contribution in [1.82, 2.24) is 9.55 Å². The summed E-state index contributed by atoms with van der Waals surface area (Å²) in [5, 5.41) is 3.84. The normalized spacial score (nSPS) is 12.8. The molecular formula is C24H25N3O6S2. The number of benzene rings is 1. The van der Waals surface area contributed by atoms with Gasteiger partial charge in [-0.05, 0) is 56.4 Å². The average Bonchev–Trinajstić information content (AvgIpc) is 3.25. The van der Waals surface area contributed by atoms with E-state index in [0.29, 0.717) is 21.9 Å². The van der Waals surface area contributed by atoms with Gasteiger partial charge in [0, 0.05) is 11.4 Å². The van der Waals surface area contributed by atoms with Crippen molar-refractivity contribution in [1.29, 1.82) is 0 Å². The maximum Gasteiger partial charge on any atom is 0.339 e. The zero-order chi connectivity index (χ0) is 25.1. The van der Waals surface area contributed by atoms with Gasteiger partial charge in [-0.3, -0.25) is 14.2 Å². The number of anilines is 1. The zero-order valence-corrected chi connectivity index (χ0v) is 21.3. The quantitative estimate of drug-likeness (QED) is 0.288. The summed E-state index contributed by atoms with van der Waals surface area (Å²) in [5.41, 5.74) is 1.47. The molecule has 184 valence electrons. The van der Waals surface area contributed by atoms with Gasteiger partial charge in [0.25, 0.3) is 5.56 Å². The number of aromatic nitrogens is 2. The molecule has 0 saturated heterocycles. The number of nitrogens with one attached hydrogen (secondary N) is 1. The first-order valence-electron chi connectivity index (χ1n) is 11.2. The highest BCUT2D eigenvalue weighted by Gasteiger charge is 2.23. The number of thiophene rings is 1. The van der Waals surface area contributed by atoms with Gasteiger partial charge in [-0.15, -0.1) is 11.3 Å². The van der Waals surface area contributed by atoms with Crippen molar-refractivity contribution >= 4 is 56.8 Å². The van der Waals surface area contributed by atoms with Crippen molar-refractivity contribution in [2.45, 2.75) is 44.3 Å². The molecule has 4 rings (SSSR count). The third-order valence-corrected chi connectivity index (χ3v) is 7.97. The summed E-state index contributed by atoms with van der Waals surface area (Å²) in [4.78, 5) is 56.8. The van der Waals surface area contributed by atoms with Gasteiger partial charge in [0.15, 0.2) is 5.16 Å². The molecule has 1 aromatic carbocycles. The van der Waals surface area contributed by atoms with Gasteiger partial charge in [0.1, 0.15) is 4.83 Å². The van der Waals surface area contributed by atoms with Gasteiger partial charge < -0.3 is 14.8 Å². The Morgan fingerprint density at radius 2 is 1.89 bits per heavy atom. The molecule has 0 spiro atoms. The highest BCUT2D eigenvalue weighted by molar-refractivity contribution is 7.99. The number of fused-ring (bicyclic) bond motifs is 3. The first-order valence-corrected chi connectivity index (χ1v) is 13.0. The van der Waals surface area contributed by atoms with Crippen LogP contribution in [0.15, 0.2) is 28.2 Å². The summed E-state index contributed by atoms with van der Waals surface area (Å²) >= 11 is 2.71. The second-order valence-electron chi connectivity index (χ2n) is 7.92. The molecule has 11 heteroatoms. The third-order valence-electron chi connectivity index (χ3n) is 5.81. The van der Waals surface area contributed by atoms with Gasteiger partial charge in [-0.25, -0.2) is 14.6 Å². The maximum atomic E-state index is 13.3. The van der Waals surface area contributed by atoms with Crippen LogP contribution in [0.5, 0.6) is 0 Å². The second-order valence-corrected chi connectivity index (χ2v) is 9.94. The lowest BCUT2D eigenvalue weighted by Gasteiger charge is -2.13. The Balaban J connectivity index is 1.58. The first kappa shape index (κ1) is 24.9. The predicted molar refractivity (Wildman–Crippen MR) is 135 cm³/mol. The molecule has 2 aromatic heterocycles. The molecule has 0 radical (unpaired) electrons. The van der Waals surface area contributed by atoms with E-state index < -0.39 is 17.8 Å². The summed E-state index contributed by atoms with van der Waals surface area (Å²) < 4.78 is 11.1. The lowest BCUT2D eigenvalue weighted by atomic mass is 9.97. The van der Waals surface area contributed by atoms with Crippen LogP contribution < -0.4 is 10.9 Å². The molecule has 0 bridgehead atoms. The molecule has 0 saturated carbocycles. The Morgan fingerprint density at radius 1 is 1.14 bits per heavy atom. The minimum atomic E-state index is -0.655. The van der Waals surface area contributed by atoms with Crippen LogP contribution in [0, 0.1) is 0 Å².